The lowest BCUT2D eigenvalue weighted by molar-refractivity contribution is 1.22. The Labute approximate surface area is 182 Å². The van der Waals surface area contributed by atoms with Crippen LogP contribution in [0.15, 0.2) is 79.1 Å². The Bertz CT molecular complexity index is 1380. The van der Waals surface area contributed by atoms with Crippen LogP contribution < -0.4 is 0 Å². The third-order valence-electron chi connectivity index (χ3n) is 5.40. The Morgan fingerprint density at radius 1 is 0.700 bits per heavy atom. The van der Waals surface area contributed by atoms with Crippen molar-refractivity contribution >= 4 is 21.6 Å². The monoisotopic (exact) mass is 407 g/mol. The number of nitrogens with zero attached hydrogens (tertiary/aromatic N) is 2. The summed E-state index contributed by atoms with van der Waals surface area (Å²) in [5, 5.41) is 0. The summed E-state index contributed by atoms with van der Waals surface area (Å²) in [4.78, 5) is 10.2. The van der Waals surface area contributed by atoms with E-state index in [-0.39, 0.29) is 6.30 Å². The van der Waals surface area contributed by atoms with Crippen LogP contribution in [-0.2, 0) is 0 Å². The number of fused-ring (bicyclic) bond motifs is 1. The molecule has 3 aromatic carbocycles. The normalized spacial score (nSPS) is 11.6. The van der Waals surface area contributed by atoms with Crippen LogP contribution in [0.25, 0.3) is 43.0 Å². The molecule has 0 fully saturated rings. The van der Waals surface area contributed by atoms with Crippen LogP contribution in [-0.4, -0.2) is 9.97 Å². The largest absolute Gasteiger partial charge is 0.235 e. The number of aryl methyl sites for hydroxylation is 3. The molecule has 0 atom stereocenters. The number of rotatable bonds is 3. The summed E-state index contributed by atoms with van der Waals surface area (Å²) >= 11 is 1.71. The van der Waals surface area contributed by atoms with Gasteiger partial charge < -0.3 is 0 Å². The zero-order valence-electron chi connectivity index (χ0n) is 18.2. The summed E-state index contributed by atoms with van der Waals surface area (Å²) in [7, 11) is 0. The highest BCUT2D eigenvalue weighted by Crippen LogP contribution is 2.41. The number of thiophene rings is 1. The van der Waals surface area contributed by atoms with Crippen LogP contribution in [0.4, 0.5) is 0 Å². The molecular formula is C27H22N2S. The van der Waals surface area contributed by atoms with E-state index in [0.29, 0.717) is 0 Å². The van der Waals surface area contributed by atoms with Gasteiger partial charge in [0, 0.05) is 10.4 Å². The smallest absolute Gasteiger partial charge is 0.116 e. The molecule has 3 heteroatoms. The summed E-state index contributed by atoms with van der Waals surface area (Å²) in [5.74, 6) is 0. The average molecular weight is 408 g/mol. The van der Waals surface area contributed by atoms with Crippen LogP contribution in [0.5, 0.6) is 0 Å². The van der Waals surface area contributed by atoms with E-state index < -0.39 is 0 Å². The average Bonchev–Trinajstić information content (AvgIpc) is 3.09. The molecule has 2 nitrogen and oxygen atoms in total. The molecule has 0 spiro atoms. The zero-order valence-corrected chi connectivity index (χ0v) is 18.0. The van der Waals surface area contributed by atoms with Crippen molar-refractivity contribution in [2.75, 3.05) is 0 Å². The minimum Gasteiger partial charge on any atom is -0.235 e. The molecule has 5 rings (SSSR count). The SMILES string of the molecule is [2H]c1nc(-c2cc(C)cc(C)c2)c2sc(-c3ccc(-c4ccccc4)cc3)c(C)c2n1. The second kappa shape index (κ2) is 7.51. The van der Waals surface area contributed by atoms with Crippen molar-refractivity contribution in [1.82, 2.24) is 9.97 Å². The highest BCUT2D eigenvalue weighted by Gasteiger charge is 2.16. The summed E-state index contributed by atoms with van der Waals surface area (Å²) in [6.45, 7) is 6.28. The topological polar surface area (TPSA) is 25.8 Å². The van der Waals surface area contributed by atoms with Gasteiger partial charge in [-0.25, -0.2) is 9.97 Å². The van der Waals surface area contributed by atoms with E-state index in [0.717, 1.165) is 32.6 Å². The van der Waals surface area contributed by atoms with Gasteiger partial charge in [0.1, 0.15) is 7.67 Å². The molecule has 146 valence electrons. The van der Waals surface area contributed by atoms with Gasteiger partial charge in [-0.1, -0.05) is 71.8 Å². The van der Waals surface area contributed by atoms with Crippen molar-refractivity contribution in [3.63, 3.8) is 0 Å². The number of benzene rings is 3. The summed E-state index contributed by atoms with van der Waals surface area (Å²) in [5.41, 5.74) is 9.84. The summed E-state index contributed by atoms with van der Waals surface area (Å²) in [6.07, 6.45) is 0.0635. The molecule has 2 aromatic heterocycles. The zero-order chi connectivity index (χ0) is 21.5. The van der Waals surface area contributed by atoms with Crippen LogP contribution in [0.3, 0.4) is 0 Å². The first kappa shape index (κ1) is 17.5. The minimum atomic E-state index is 0.0635. The molecule has 2 heterocycles. The molecule has 30 heavy (non-hydrogen) atoms. The number of hydrogen-bond donors (Lipinski definition) is 0. The van der Waals surface area contributed by atoms with E-state index in [2.05, 4.69) is 97.5 Å². The maximum absolute atomic E-state index is 8.19. The minimum absolute atomic E-state index is 0.0635. The molecule has 0 saturated heterocycles. The molecule has 0 aliphatic carbocycles. The Morgan fingerprint density at radius 3 is 2.03 bits per heavy atom. The second-order valence-corrected chi connectivity index (χ2v) is 8.75. The van der Waals surface area contributed by atoms with E-state index in [1.807, 2.05) is 6.07 Å². The molecule has 0 saturated carbocycles. The predicted molar refractivity (Wildman–Crippen MR) is 128 cm³/mol. The van der Waals surface area contributed by atoms with Crippen molar-refractivity contribution < 1.29 is 1.37 Å². The Kier molecular flexibility index (Phi) is 4.39. The highest BCUT2D eigenvalue weighted by molar-refractivity contribution is 7.23. The molecule has 0 amide bonds. The molecule has 0 aliphatic heterocycles. The first-order chi connectivity index (χ1) is 15.0. The summed E-state index contributed by atoms with van der Waals surface area (Å²) < 4.78 is 9.23. The van der Waals surface area contributed by atoms with Crippen molar-refractivity contribution in [3.05, 3.63) is 95.8 Å². The summed E-state index contributed by atoms with van der Waals surface area (Å²) in [6, 6.07) is 25.5. The predicted octanol–water partition coefficient (Wildman–Crippen LogP) is 7.62. The highest BCUT2D eigenvalue weighted by atomic mass is 32.1. The van der Waals surface area contributed by atoms with Crippen LogP contribution >= 0.6 is 11.3 Å². The molecule has 0 bridgehead atoms. The Morgan fingerprint density at radius 2 is 1.33 bits per heavy atom. The molecule has 0 aliphatic rings. The van der Waals surface area contributed by atoms with Gasteiger partial charge in [0.2, 0.25) is 0 Å². The van der Waals surface area contributed by atoms with E-state index in [4.69, 9.17) is 1.37 Å². The fourth-order valence-corrected chi connectivity index (χ4v) is 5.27. The van der Waals surface area contributed by atoms with E-state index in [1.54, 1.807) is 11.3 Å². The number of hydrogen-bond acceptors (Lipinski definition) is 3. The molecule has 0 unspecified atom stereocenters. The van der Waals surface area contributed by atoms with Gasteiger partial charge >= 0.3 is 0 Å². The van der Waals surface area contributed by atoms with Gasteiger partial charge in [-0.15, -0.1) is 11.3 Å². The van der Waals surface area contributed by atoms with Gasteiger partial charge in [0.15, 0.2) is 0 Å². The molecular weight excluding hydrogens is 384 g/mol. The van der Waals surface area contributed by atoms with E-state index in [1.165, 1.54) is 27.1 Å². The standard InChI is InChI=1S/C27H22N2S/c1-17-13-18(2)15-23(14-17)25-27-24(28-16-29-25)19(3)26(30-27)22-11-9-21(10-12-22)20-7-5-4-6-8-20/h4-16H,1-3H3/i16D. The second-order valence-electron chi connectivity index (χ2n) is 7.73. The Balaban J connectivity index is 1.65. The van der Waals surface area contributed by atoms with E-state index >= 15 is 0 Å². The van der Waals surface area contributed by atoms with Crippen LogP contribution in [0.2, 0.25) is 0 Å². The van der Waals surface area contributed by atoms with Crippen molar-refractivity contribution in [3.8, 4) is 32.8 Å². The van der Waals surface area contributed by atoms with E-state index in [9.17, 15) is 0 Å². The van der Waals surface area contributed by atoms with Gasteiger partial charge in [0.05, 0.1) is 15.9 Å². The van der Waals surface area contributed by atoms with Crippen LogP contribution in [0.1, 0.15) is 18.1 Å². The lowest BCUT2D eigenvalue weighted by Gasteiger charge is -2.05. The van der Waals surface area contributed by atoms with Crippen molar-refractivity contribution in [2.45, 2.75) is 20.8 Å². The van der Waals surface area contributed by atoms with Crippen LogP contribution in [0, 0.1) is 20.8 Å². The molecule has 5 aromatic rings. The van der Waals surface area contributed by atoms with Gasteiger partial charge in [-0.3, -0.25) is 0 Å². The third kappa shape index (κ3) is 3.31. The third-order valence-corrected chi connectivity index (χ3v) is 6.74. The lowest BCUT2D eigenvalue weighted by atomic mass is 10.0. The fourth-order valence-electron chi connectivity index (χ4n) is 4.00. The lowest BCUT2D eigenvalue weighted by Crippen LogP contribution is -1.88. The van der Waals surface area contributed by atoms with Gasteiger partial charge in [-0.05, 0) is 55.2 Å². The quantitative estimate of drug-likeness (QED) is 0.307. The van der Waals surface area contributed by atoms with Gasteiger partial charge in [-0.2, -0.15) is 0 Å². The maximum atomic E-state index is 8.19. The first-order valence-corrected chi connectivity index (χ1v) is 10.8. The molecule has 0 radical (unpaired) electrons. The first-order valence-electron chi connectivity index (χ1n) is 10.5. The fraction of sp³-hybridized carbons (Fsp3) is 0.111. The van der Waals surface area contributed by atoms with Crippen molar-refractivity contribution in [1.29, 1.82) is 0 Å². The Hall–Kier alpha value is -3.30. The van der Waals surface area contributed by atoms with Crippen molar-refractivity contribution in [2.24, 2.45) is 0 Å². The maximum Gasteiger partial charge on any atom is 0.116 e. The molecule has 0 N–H and O–H groups in total. The van der Waals surface area contributed by atoms with Gasteiger partial charge in [0.25, 0.3) is 0 Å². The number of aromatic nitrogens is 2.